The minimum atomic E-state index is -4.31. The lowest BCUT2D eigenvalue weighted by atomic mass is 9.89. The van der Waals surface area contributed by atoms with Crippen molar-refractivity contribution < 1.29 is 18.0 Å². The van der Waals surface area contributed by atoms with Gasteiger partial charge in [-0.2, -0.15) is 13.2 Å². The Hall–Kier alpha value is -2.80. The highest BCUT2D eigenvalue weighted by atomic mass is 35.5. The summed E-state index contributed by atoms with van der Waals surface area (Å²) in [5, 5.41) is 0.633. The van der Waals surface area contributed by atoms with Crippen molar-refractivity contribution >= 4 is 35.1 Å². The molecule has 1 heterocycles. The SMILES string of the molecule is CC(=N/C(C)=C\C=O)N(C)c1ccc(N2CCC(Cc3cccc(C(F)(F)F)c3)CC2)c(Cl)c1. The number of carbonyl (C=O) groups excluding carboxylic acids is 1. The molecule has 0 spiro atoms. The second kappa shape index (κ2) is 11.1. The van der Waals surface area contributed by atoms with Gasteiger partial charge in [-0.1, -0.05) is 29.8 Å². The first-order chi connectivity index (χ1) is 16.1. The summed E-state index contributed by atoms with van der Waals surface area (Å²) in [6.45, 7) is 5.22. The van der Waals surface area contributed by atoms with Crippen LogP contribution in [0.25, 0.3) is 0 Å². The Bertz CT molecular complexity index is 1070. The van der Waals surface area contributed by atoms with Crippen LogP contribution in [0, 0.1) is 5.92 Å². The van der Waals surface area contributed by atoms with Crippen molar-refractivity contribution in [1.82, 2.24) is 0 Å². The zero-order valence-corrected chi connectivity index (χ0v) is 20.3. The van der Waals surface area contributed by atoms with Crippen molar-refractivity contribution in [2.75, 3.05) is 29.9 Å². The molecule has 1 saturated heterocycles. The summed E-state index contributed by atoms with van der Waals surface area (Å²) in [7, 11) is 1.89. The number of halogens is 4. The maximum absolute atomic E-state index is 13.0. The molecule has 0 amide bonds. The molecule has 182 valence electrons. The van der Waals surface area contributed by atoms with E-state index in [1.54, 1.807) is 13.0 Å². The number of aldehydes is 1. The highest BCUT2D eigenvalue weighted by molar-refractivity contribution is 6.33. The number of aliphatic imine (C=N–C) groups is 1. The summed E-state index contributed by atoms with van der Waals surface area (Å²) in [5.74, 6) is 1.07. The molecule has 3 rings (SSSR count). The largest absolute Gasteiger partial charge is 0.416 e. The fraction of sp³-hybridized carbons (Fsp3) is 0.385. The third-order valence-electron chi connectivity index (χ3n) is 6.19. The van der Waals surface area contributed by atoms with Crippen LogP contribution in [0.1, 0.15) is 37.8 Å². The predicted molar refractivity (Wildman–Crippen MR) is 133 cm³/mol. The van der Waals surface area contributed by atoms with E-state index in [9.17, 15) is 18.0 Å². The van der Waals surface area contributed by atoms with Crippen LogP contribution >= 0.6 is 11.6 Å². The smallest absolute Gasteiger partial charge is 0.370 e. The Morgan fingerprint density at radius 1 is 1.18 bits per heavy atom. The van der Waals surface area contributed by atoms with Gasteiger partial charge in [0, 0.05) is 31.5 Å². The first-order valence-corrected chi connectivity index (χ1v) is 11.6. The van der Waals surface area contributed by atoms with Crippen molar-refractivity contribution in [1.29, 1.82) is 0 Å². The van der Waals surface area contributed by atoms with Crippen LogP contribution < -0.4 is 9.80 Å². The Balaban J connectivity index is 1.62. The zero-order valence-electron chi connectivity index (χ0n) is 19.6. The van der Waals surface area contributed by atoms with E-state index < -0.39 is 11.7 Å². The van der Waals surface area contributed by atoms with Gasteiger partial charge in [0.1, 0.15) is 12.1 Å². The Kier molecular flexibility index (Phi) is 8.42. The van der Waals surface area contributed by atoms with Crippen LogP contribution in [0.3, 0.4) is 0 Å². The molecule has 0 aromatic heterocycles. The molecule has 0 N–H and O–H groups in total. The minimum absolute atomic E-state index is 0.338. The van der Waals surface area contributed by atoms with Crippen LogP contribution in [0.15, 0.2) is 59.2 Å². The number of nitrogens with zero attached hydrogens (tertiary/aromatic N) is 3. The van der Waals surface area contributed by atoms with Crippen molar-refractivity contribution in [3.05, 3.63) is 70.4 Å². The van der Waals surface area contributed by atoms with Crippen LogP contribution in [-0.4, -0.2) is 32.3 Å². The van der Waals surface area contributed by atoms with Gasteiger partial charge in [0.2, 0.25) is 0 Å². The molecule has 0 bridgehead atoms. The van der Waals surface area contributed by atoms with Gasteiger partial charge in [-0.3, -0.25) is 4.79 Å². The monoisotopic (exact) mass is 491 g/mol. The van der Waals surface area contributed by atoms with E-state index in [1.165, 1.54) is 18.2 Å². The van der Waals surface area contributed by atoms with Gasteiger partial charge in [0.15, 0.2) is 0 Å². The van der Waals surface area contributed by atoms with Crippen molar-refractivity contribution in [2.45, 2.75) is 39.3 Å². The average molecular weight is 492 g/mol. The molecule has 2 aromatic carbocycles. The van der Waals surface area contributed by atoms with Gasteiger partial charge in [-0.05, 0) is 74.9 Å². The standard InChI is InChI=1S/C26H29ClF3N3O/c1-18(11-14-34)31-19(2)32(3)23-7-8-25(24(27)17-23)33-12-9-20(10-13-33)15-21-5-4-6-22(16-21)26(28,29)30/h4-8,11,14,16-17,20H,9-10,12-13,15H2,1-3H3/b18-11-,31-19?. The van der Waals surface area contributed by atoms with E-state index in [2.05, 4.69) is 9.89 Å². The van der Waals surface area contributed by atoms with Gasteiger partial charge < -0.3 is 9.80 Å². The molecule has 2 aromatic rings. The van der Waals surface area contributed by atoms with Crippen LogP contribution in [0.4, 0.5) is 24.5 Å². The first kappa shape index (κ1) is 25.8. The van der Waals surface area contributed by atoms with E-state index in [4.69, 9.17) is 11.6 Å². The van der Waals surface area contributed by atoms with E-state index in [-0.39, 0.29) is 0 Å². The lowest BCUT2D eigenvalue weighted by Crippen LogP contribution is -2.34. The molecule has 0 unspecified atom stereocenters. The predicted octanol–water partition coefficient (Wildman–Crippen LogP) is 6.78. The average Bonchev–Trinajstić information content (AvgIpc) is 2.79. The molecule has 8 heteroatoms. The summed E-state index contributed by atoms with van der Waals surface area (Å²) in [6, 6.07) is 11.5. The van der Waals surface area contributed by atoms with Crippen molar-refractivity contribution in [3.8, 4) is 0 Å². The van der Waals surface area contributed by atoms with E-state index in [0.29, 0.717) is 29.3 Å². The fourth-order valence-electron chi connectivity index (χ4n) is 4.20. The number of rotatable bonds is 6. The Labute approximate surface area is 203 Å². The van der Waals surface area contributed by atoms with Gasteiger partial charge in [0.05, 0.1) is 16.3 Å². The van der Waals surface area contributed by atoms with E-state index in [0.717, 1.165) is 54.8 Å². The second-order valence-corrected chi connectivity index (χ2v) is 9.04. The lowest BCUT2D eigenvalue weighted by molar-refractivity contribution is -0.137. The molecule has 1 aliphatic heterocycles. The van der Waals surface area contributed by atoms with Gasteiger partial charge in [-0.25, -0.2) is 4.99 Å². The summed E-state index contributed by atoms with van der Waals surface area (Å²) >= 11 is 6.62. The molecule has 0 saturated carbocycles. The number of anilines is 2. The van der Waals surface area contributed by atoms with Crippen molar-refractivity contribution in [3.63, 3.8) is 0 Å². The highest BCUT2D eigenvalue weighted by Gasteiger charge is 2.30. The molecule has 34 heavy (non-hydrogen) atoms. The number of benzene rings is 2. The maximum Gasteiger partial charge on any atom is 0.416 e. The van der Waals surface area contributed by atoms with Gasteiger partial charge in [0.25, 0.3) is 0 Å². The van der Waals surface area contributed by atoms with Crippen LogP contribution in [0.5, 0.6) is 0 Å². The number of allylic oxidation sites excluding steroid dienone is 2. The van der Waals surface area contributed by atoms with Crippen LogP contribution in [0.2, 0.25) is 5.02 Å². The van der Waals surface area contributed by atoms with Crippen LogP contribution in [-0.2, 0) is 17.4 Å². The number of piperidine rings is 1. The third-order valence-corrected chi connectivity index (χ3v) is 6.49. The fourth-order valence-corrected chi connectivity index (χ4v) is 4.49. The summed E-state index contributed by atoms with van der Waals surface area (Å²) < 4.78 is 39.0. The lowest BCUT2D eigenvalue weighted by Gasteiger charge is -2.34. The third kappa shape index (κ3) is 6.63. The Morgan fingerprint density at radius 2 is 1.88 bits per heavy atom. The molecule has 4 nitrogen and oxygen atoms in total. The minimum Gasteiger partial charge on any atom is -0.370 e. The molecular formula is C26H29ClF3N3O. The normalized spacial score (nSPS) is 16.0. The highest BCUT2D eigenvalue weighted by Crippen LogP contribution is 2.34. The summed E-state index contributed by atoms with van der Waals surface area (Å²) in [4.78, 5) is 19.1. The molecule has 1 fully saturated rings. The molecule has 0 atom stereocenters. The number of alkyl halides is 3. The number of hydrogen-bond acceptors (Lipinski definition) is 3. The molecule has 0 aliphatic carbocycles. The van der Waals surface area contributed by atoms with Crippen molar-refractivity contribution in [2.24, 2.45) is 10.9 Å². The second-order valence-electron chi connectivity index (χ2n) is 8.63. The van der Waals surface area contributed by atoms with E-state index >= 15 is 0 Å². The number of amidine groups is 1. The number of hydrogen-bond donors (Lipinski definition) is 0. The maximum atomic E-state index is 13.0. The molecule has 1 aliphatic rings. The zero-order chi connectivity index (χ0) is 24.9. The van der Waals surface area contributed by atoms with Gasteiger partial charge in [-0.15, -0.1) is 0 Å². The molecule has 0 radical (unpaired) electrons. The Morgan fingerprint density at radius 3 is 2.50 bits per heavy atom. The quantitative estimate of drug-likeness (QED) is 0.193. The first-order valence-electron chi connectivity index (χ1n) is 11.2. The number of carbonyl (C=O) groups is 1. The van der Waals surface area contributed by atoms with E-state index in [1.807, 2.05) is 37.1 Å². The topological polar surface area (TPSA) is 35.9 Å². The van der Waals surface area contributed by atoms with Gasteiger partial charge >= 0.3 is 6.18 Å². The summed E-state index contributed by atoms with van der Waals surface area (Å²) in [6.07, 6.45) is 0.229. The summed E-state index contributed by atoms with van der Waals surface area (Å²) in [5.41, 5.74) is 2.59. The molecular weight excluding hydrogens is 463 g/mol.